The number of unbranched alkanes of at least 4 members (excludes halogenated alkanes) is 1. The summed E-state index contributed by atoms with van der Waals surface area (Å²) in [7, 11) is 0. The standard InChI is InChI=1S/C30H38N2O5/c1-5-9-19-36-24-16-15-21(20-25(24)35-8-4)27-26-28(33)22-13-10-11-14-23(22)37-29(26)30(34)32(27)18-12-17-31(6-2)7-3/h10-11,13-16,20,27H,5-9,12,17-19H2,1-4H3. The zero-order valence-electron chi connectivity index (χ0n) is 22.4. The van der Waals surface area contributed by atoms with Gasteiger partial charge in [0.25, 0.3) is 5.91 Å². The largest absolute Gasteiger partial charge is 0.490 e. The van der Waals surface area contributed by atoms with Gasteiger partial charge in [-0.25, -0.2) is 0 Å². The number of carbonyl (C=O) groups is 1. The number of ether oxygens (including phenoxy) is 2. The fourth-order valence-electron chi connectivity index (χ4n) is 4.96. The Morgan fingerprint density at radius 2 is 1.73 bits per heavy atom. The summed E-state index contributed by atoms with van der Waals surface area (Å²) in [6, 6.07) is 12.3. The third-order valence-electron chi connectivity index (χ3n) is 6.98. The van der Waals surface area contributed by atoms with E-state index in [-0.39, 0.29) is 17.1 Å². The minimum absolute atomic E-state index is 0.137. The maximum Gasteiger partial charge on any atom is 0.290 e. The Kier molecular flexibility index (Phi) is 8.87. The van der Waals surface area contributed by atoms with Crippen molar-refractivity contribution < 1.29 is 18.7 Å². The molecule has 0 radical (unpaired) electrons. The second-order valence-electron chi connectivity index (χ2n) is 9.29. The van der Waals surface area contributed by atoms with Crippen molar-refractivity contribution in [2.75, 3.05) is 39.4 Å². The number of rotatable bonds is 13. The summed E-state index contributed by atoms with van der Waals surface area (Å²) < 4.78 is 18.0. The van der Waals surface area contributed by atoms with Crippen molar-refractivity contribution in [2.24, 2.45) is 0 Å². The van der Waals surface area contributed by atoms with Crippen LogP contribution in [-0.2, 0) is 0 Å². The van der Waals surface area contributed by atoms with Gasteiger partial charge in [-0.2, -0.15) is 0 Å². The average molecular weight is 507 g/mol. The summed E-state index contributed by atoms with van der Waals surface area (Å²) in [6.45, 7) is 12.7. The normalized spacial score (nSPS) is 15.0. The maximum absolute atomic E-state index is 13.7. The maximum atomic E-state index is 13.7. The molecule has 0 N–H and O–H groups in total. The second-order valence-corrected chi connectivity index (χ2v) is 9.29. The molecule has 0 saturated heterocycles. The average Bonchev–Trinajstić information content (AvgIpc) is 3.19. The first-order chi connectivity index (χ1) is 18.0. The lowest BCUT2D eigenvalue weighted by atomic mass is 9.98. The molecule has 0 fully saturated rings. The fourth-order valence-corrected chi connectivity index (χ4v) is 4.96. The molecule has 4 rings (SSSR count). The Balaban J connectivity index is 1.77. The van der Waals surface area contributed by atoms with E-state index in [4.69, 9.17) is 13.9 Å². The van der Waals surface area contributed by atoms with E-state index in [1.807, 2.05) is 37.3 Å². The minimum Gasteiger partial charge on any atom is -0.490 e. The van der Waals surface area contributed by atoms with Crippen LogP contribution in [0.15, 0.2) is 51.7 Å². The highest BCUT2D eigenvalue weighted by molar-refractivity contribution is 5.99. The van der Waals surface area contributed by atoms with Crippen LogP contribution in [0.2, 0.25) is 0 Å². The van der Waals surface area contributed by atoms with E-state index < -0.39 is 6.04 Å². The molecule has 2 heterocycles. The molecule has 1 amide bonds. The van der Waals surface area contributed by atoms with Crippen LogP contribution in [0.25, 0.3) is 11.0 Å². The van der Waals surface area contributed by atoms with Crippen LogP contribution in [0.1, 0.15) is 74.7 Å². The van der Waals surface area contributed by atoms with Crippen LogP contribution >= 0.6 is 0 Å². The van der Waals surface area contributed by atoms with Crippen LogP contribution in [-0.4, -0.2) is 55.1 Å². The van der Waals surface area contributed by atoms with Crippen molar-refractivity contribution in [3.8, 4) is 11.5 Å². The van der Waals surface area contributed by atoms with Crippen LogP contribution in [0.4, 0.5) is 0 Å². The highest BCUT2D eigenvalue weighted by Crippen LogP contribution is 2.41. The second kappa shape index (κ2) is 12.3. The molecule has 37 heavy (non-hydrogen) atoms. The van der Waals surface area contributed by atoms with E-state index in [0.717, 1.165) is 44.5 Å². The molecule has 0 saturated carbocycles. The molecule has 7 heteroatoms. The van der Waals surface area contributed by atoms with Gasteiger partial charge >= 0.3 is 0 Å². The molecule has 198 valence electrons. The van der Waals surface area contributed by atoms with Crippen LogP contribution in [0.5, 0.6) is 11.5 Å². The number of amides is 1. The number of para-hydroxylation sites is 1. The topological polar surface area (TPSA) is 72.2 Å². The summed E-state index contributed by atoms with van der Waals surface area (Å²) >= 11 is 0. The fraction of sp³-hybridized carbons (Fsp3) is 0.467. The SMILES string of the molecule is CCCCOc1ccc(C2c3c(oc4ccccc4c3=O)C(=O)N2CCCN(CC)CC)cc1OCC. The zero-order chi connectivity index (χ0) is 26.4. The first kappa shape index (κ1) is 26.7. The van der Waals surface area contributed by atoms with E-state index in [2.05, 4.69) is 25.7 Å². The van der Waals surface area contributed by atoms with Gasteiger partial charge in [-0.1, -0.05) is 45.4 Å². The highest BCUT2D eigenvalue weighted by Gasteiger charge is 2.42. The van der Waals surface area contributed by atoms with Gasteiger partial charge in [0, 0.05) is 6.54 Å². The number of hydrogen-bond acceptors (Lipinski definition) is 6. The van der Waals surface area contributed by atoms with Crippen molar-refractivity contribution in [3.05, 3.63) is 69.6 Å². The zero-order valence-corrected chi connectivity index (χ0v) is 22.4. The Morgan fingerprint density at radius 3 is 2.46 bits per heavy atom. The van der Waals surface area contributed by atoms with Crippen molar-refractivity contribution in [2.45, 2.75) is 53.0 Å². The summed E-state index contributed by atoms with van der Waals surface area (Å²) in [5.41, 5.74) is 1.47. The van der Waals surface area contributed by atoms with Gasteiger partial charge in [0.2, 0.25) is 5.76 Å². The number of nitrogens with zero attached hydrogens (tertiary/aromatic N) is 2. The van der Waals surface area contributed by atoms with E-state index in [0.29, 0.717) is 47.8 Å². The molecule has 0 spiro atoms. The molecule has 1 unspecified atom stereocenters. The monoisotopic (exact) mass is 506 g/mol. The number of carbonyl (C=O) groups excluding carboxylic acids is 1. The molecule has 1 aliphatic rings. The number of hydrogen-bond donors (Lipinski definition) is 0. The van der Waals surface area contributed by atoms with Gasteiger partial charge in [0.05, 0.1) is 30.2 Å². The molecule has 0 bridgehead atoms. The van der Waals surface area contributed by atoms with E-state index in [9.17, 15) is 9.59 Å². The van der Waals surface area contributed by atoms with Gasteiger partial charge in [-0.3, -0.25) is 9.59 Å². The van der Waals surface area contributed by atoms with E-state index >= 15 is 0 Å². The van der Waals surface area contributed by atoms with Crippen molar-refractivity contribution in [1.29, 1.82) is 0 Å². The van der Waals surface area contributed by atoms with Crippen LogP contribution < -0.4 is 14.9 Å². The van der Waals surface area contributed by atoms with Gasteiger partial charge < -0.3 is 23.7 Å². The number of fused-ring (bicyclic) bond motifs is 2. The summed E-state index contributed by atoms with van der Waals surface area (Å²) in [4.78, 5) is 31.5. The Bertz CT molecular complexity index is 1280. The van der Waals surface area contributed by atoms with Crippen molar-refractivity contribution in [1.82, 2.24) is 9.80 Å². The lowest BCUT2D eigenvalue weighted by molar-refractivity contribution is 0.0720. The highest BCUT2D eigenvalue weighted by atomic mass is 16.5. The van der Waals surface area contributed by atoms with Gasteiger partial charge in [0.15, 0.2) is 16.9 Å². The van der Waals surface area contributed by atoms with E-state index in [1.54, 1.807) is 17.0 Å². The van der Waals surface area contributed by atoms with E-state index in [1.165, 1.54) is 0 Å². The predicted molar refractivity (Wildman–Crippen MR) is 146 cm³/mol. The van der Waals surface area contributed by atoms with Crippen molar-refractivity contribution >= 4 is 16.9 Å². The third kappa shape index (κ3) is 5.52. The predicted octanol–water partition coefficient (Wildman–Crippen LogP) is 5.65. The van der Waals surface area contributed by atoms with Gasteiger partial charge in [-0.15, -0.1) is 0 Å². The summed E-state index contributed by atoms with van der Waals surface area (Å²) in [5.74, 6) is 1.17. The quantitative estimate of drug-likeness (QED) is 0.279. The Hall–Kier alpha value is -3.32. The summed E-state index contributed by atoms with van der Waals surface area (Å²) in [5, 5.41) is 0.480. The first-order valence-corrected chi connectivity index (χ1v) is 13.5. The first-order valence-electron chi connectivity index (χ1n) is 13.5. The van der Waals surface area contributed by atoms with Crippen LogP contribution in [0.3, 0.4) is 0 Å². The molecule has 2 aromatic carbocycles. The van der Waals surface area contributed by atoms with Gasteiger partial charge in [-0.05, 0) is 69.2 Å². The molecule has 0 aliphatic carbocycles. The Morgan fingerprint density at radius 1 is 0.946 bits per heavy atom. The lowest BCUT2D eigenvalue weighted by Crippen LogP contribution is -2.33. The molecule has 3 aromatic rings. The lowest BCUT2D eigenvalue weighted by Gasteiger charge is -2.27. The summed E-state index contributed by atoms with van der Waals surface area (Å²) in [6.07, 6.45) is 2.78. The molecular formula is C30H38N2O5. The van der Waals surface area contributed by atoms with Crippen molar-refractivity contribution in [3.63, 3.8) is 0 Å². The van der Waals surface area contributed by atoms with Gasteiger partial charge in [0.1, 0.15) is 5.58 Å². The minimum atomic E-state index is -0.552. The molecular weight excluding hydrogens is 468 g/mol. The Labute approximate surface area is 219 Å². The molecule has 1 aliphatic heterocycles. The number of benzene rings is 2. The smallest absolute Gasteiger partial charge is 0.290 e. The molecule has 1 atom stereocenters. The third-order valence-corrected chi connectivity index (χ3v) is 6.98. The molecule has 1 aromatic heterocycles. The molecule has 7 nitrogen and oxygen atoms in total. The van der Waals surface area contributed by atoms with Crippen LogP contribution in [0, 0.1) is 0 Å².